The van der Waals surface area contributed by atoms with Gasteiger partial charge in [-0.1, -0.05) is 76.3 Å². The number of carbonyl (C=O) groups excluding carboxylic acids is 1. The monoisotopic (exact) mass is 576 g/mol. The summed E-state index contributed by atoms with van der Waals surface area (Å²) in [6, 6.07) is 2.17. The second-order valence-electron chi connectivity index (χ2n) is 14.3. The molecule has 0 saturated heterocycles. The van der Waals surface area contributed by atoms with Crippen LogP contribution in [0.25, 0.3) is 6.08 Å². The molecular weight excluding hydrogens is 520 g/mol. The Labute approximate surface area is 255 Å². The number of esters is 1. The van der Waals surface area contributed by atoms with Gasteiger partial charge in [0.1, 0.15) is 18.0 Å². The number of furan rings is 1. The van der Waals surface area contributed by atoms with Gasteiger partial charge in [-0.05, 0) is 118 Å². The zero-order valence-electron chi connectivity index (χ0n) is 26.5. The van der Waals surface area contributed by atoms with Crippen LogP contribution in [0.1, 0.15) is 147 Å². The molecule has 0 aromatic carbocycles. The minimum absolute atomic E-state index is 0.100. The quantitative estimate of drug-likeness (QED) is 0.121. The van der Waals surface area contributed by atoms with Crippen molar-refractivity contribution >= 4 is 12.0 Å². The highest BCUT2D eigenvalue weighted by Crippen LogP contribution is 2.71. The molecule has 4 aliphatic rings. The maximum atomic E-state index is 12.6. The largest absolute Gasteiger partial charge is 0.465 e. The zero-order chi connectivity index (χ0) is 29.5. The van der Waals surface area contributed by atoms with E-state index in [1.807, 2.05) is 6.26 Å². The fourth-order valence-electron chi connectivity index (χ4n) is 9.40. The van der Waals surface area contributed by atoms with Crippen LogP contribution >= 0.6 is 0 Å². The molecular formula is C38H56O4. The van der Waals surface area contributed by atoms with E-state index < -0.39 is 5.60 Å². The number of aliphatic hydroxyl groups is 1. The molecule has 1 heterocycles. The Morgan fingerprint density at radius 3 is 2.60 bits per heavy atom. The molecule has 232 valence electrons. The number of allylic oxidation sites excluding steroid dienone is 5. The Bertz CT molecular complexity index is 1110. The van der Waals surface area contributed by atoms with Crippen LogP contribution in [0.4, 0.5) is 0 Å². The van der Waals surface area contributed by atoms with Crippen molar-refractivity contribution in [3.05, 3.63) is 54.0 Å². The molecule has 6 atom stereocenters. The first kappa shape index (κ1) is 31.4. The second kappa shape index (κ2) is 14.1. The van der Waals surface area contributed by atoms with Crippen molar-refractivity contribution < 1.29 is 19.1 Å². The van der Waals surface area contributed by atoms with Crippen molar-refractivity contribution in [3.8, 4) is 0 Å². The number of unbranched alkanes of at least 4 members (excludes halogenated alkanes) is 8. The summed E-state index contributed by atoms with van der Waals surface area (Å²) in [5.41, 5.74) is 0.752. The van der Waals surface area contributed by atoms with Crippen LogP contribution in [0, 0.1) is 22.7 Å². The third kappa shape index (κ3) is 6.85. The van der Waals surface area contributed by atoms with Crippen molar-refractivity contribution in [2.45, 2.75) is 141 Å². The average Bonchev–Trinajstić information content (AvgIpc) is 3.54. The summed E-state index contributed by atoms with van der Waals surface area (Å²) >= 11 is 0. The SMILES string of the molecule is CCCCC/C=C\C/C=C\CCCCCCCC(=O)OC[C@]1(O)C[C@@]23CC[C@H]4c5ccoc5C=C[C@]4(C)[C@H]2CC[C@H]1C3. The number of rotatable bonds is 16. The second-order valence-corrected chi connectivity index (χ2v) is 14.3. The van der Waals surface area contributed by atoms with Gasteiger partial charge in [0.15, 0.2) is 0 Å². The van der Waals surface area contributed by atoms with Crippen LogP contribution in [-0.2, 0) is 9.53 Å². The van der Waals surface area contributed by atoms with Crippen LogP contribution < -0.4 is 0 Å². The number of carbonyl (C=O) groups is 1. The van der Waals surface area contributed by atoms with Gasteiger partial charge < -0.3 is 14.3 Å². The summed E-state index contributed by atoms with van der Waals surface area (Å²) < 4.78 is 11.5. The van der Waals surface area contributed by atoms with Crippen LogP contribution in [-0.4, -0.2) is 23.3 Å². The number of ether oxygens (including phenoxy) is 1. The highest BCUT2D eigenvalue weighted by molar-refractivity contribution is 5.69. The van der Waals surface area contributed by atoms with Crippen molar-refractivity contribution in [1.82, 2.24) is 0 Å². The van der Waals surface area contributed by atoms with E-state index in [2.05, 4.69) is 56.4 Å². The molecule has 3 fully saturated rings. The van der Waals surface area contributed by atoms with E-state index in [1.54, 1.807) is 0 Å². The normalized spacial score (nSPS) is 33.2. The molecule has 3 saturated carbocycles. The predicted octanol–water partition coefficient (Wildman–Crippen LogP) is 10.1. The maximum absolute atomic E-state index is 12.6. The van der Waals surface area contributed by atoms with Gasteiger partial charge >= 0.3 is 5.97 Å². The summed E-state index contributed by atoms with van der Waals surface area (Å²) in [6.45, 7) is 4.86. The molecule has 2 bridgehead atoms. The summed E-state index contributed by atoms with van der Waals surface area (Å²) in [4.78, 5) is 12.6. The Morgan fingerprint density at radius 1 is 1.02 bits per heavy atom. The van der Waals surface area contributed by atoms with Gasteiger partial charge in [0, 0.05) is 12.0 Å². The zero-order valence-corrected chi connectivity index (χ0v) is 26.5. The van der Waals surface area contributed by atoms with Gasteiger partial charge in [-0.15, -0.1) is 0 Å². The molecule has 4 heteroatoms. The molecule has 5 rings (SSSR count). The summed E-state index contributed by atoms with van der Waals surface area (Å²) in [5.74, 6) is 2.19. The van der Waals surface area contributed by atoms with E-state index in [0.717, 1.165) is 70.0 Å². The fraction of sp³-hybridized carbons (Fsp3) is 0.711. The lowest BCUT2D eigenvalue weighted by atomic mass is 9.46. The molecule has 0 unspecified atom stereocenters. The molecule has 4 aliphatic carbocycles. The lowest BCUT2D eigenvalue weighted by molar-refractivity contribution is -0.154. The highest BCUT2D eigenvalue weighted by Gasteiger charge is 2.65. The van der Waals surface area contributed by atoms with E-state index >= 15 is 0 Å². The first-order chi connectivity index (χ1) is 20.4. The summed E-state index contributed by atoms with van der Waals surface area (Å²) in [6.07, 6.45) is 35.3. The van der Waals surface area contributed by atoms with Crippen molar-refractivity contribution in [2.24, 2.45) is 22.7 Å². The molecule has 0 aliphatic heterocycles. The van der Waals surface area contributed by atoms with Gasteiger partial charge in [-0.25, -0.2) is 0 Å². The minimum atomic E-state index is -0.870. The molecule has 0 radical (unpaired) electrons. The third-order valence-corrected chi connectivity index (χ3v) is 11.6. The van der Waals surface area contributed by atoms with E-state index in [-0.39, 0.29) is 29.3 Å². The molecule has 42 heavy (non-hydrogen) atoms. The lowest BCUT2D eigenvalue weighted by Crippen LogP contribution is -2.49. The average molecular weight is 577 g/mol. The Hall–Kier alpha value is -2.07. The smallest absolute Gasteiger partial charge is 0.305 e. The third-order valence-electron chi connectivity index (χ3n) is 11.6. The number of fused-ring (bicyclic) bond motifs is 5. The minimum Gasteiger partial charge on any atom is -0.465 e. The summed E-state index contributed by atoms with van der Waals surface area (Å²) in [5, 5.41) is 11.8. The highest BCUT2D eigenvalue weighted by atomic mass is 16.5. The molecule has 1 spiro atoms. The van der Waals surface area contributed by atoms with Gasteiger partial charge in [-0.3, -0.25) is 4.79 Å². The van der Waals surface area contributed by atoms with E-state index in [0.29, 0.717) is 18.3 Å². The van der Waals surface area contributed by atoms with Crippen LogP contribution in [0.2, 0.25) is 0 Å². The maximum Gasteiger partial charge on any atom is 0.305 e. The van der Waals surface area contributed by atoms with E-state index in [1.165, 1.54) is 50.5 Å². The van der Waals surface area contributed by atoms with Crippen molar-refractivity contribution in [1.29, 1.82) is 0 Å². The standard InChI is InChI=1S/C38H56O4/c1-3-4-5-6-7-8-9-10-11-12-13-14-15-16-17-18-35(39)42-29-38(40)28-37-25-21-32-31-23-26-41-33(31)22-24-36(32,2)34(37)20-19-30(38)27-37/h7-8,10-11,22-24,26,30,32,34,40H,3-6,9,12-21,25,27-29H2,1-2H3/b8-7-,11-10-/t30-,32-,34+,36-,37-,38+/m0/s1. The molecule has 1 N–H and O–H groups in total. The molecule has 0 amide bonds. The summed E-state index contributed by atoms with van der Waals surface area (Å²) in [7, 11) is 0. The van der Waals surface area contributed by atoms with Crippen LogP contribution in [0.3, 0.4) is 0 Å². The van der Waals surface area contributed by atoms with Crippen LogP contribution in [0.15, 0.2) is 47.1 Å². The van der Waals surface area contributed by atoms with Gasteiger partial charge in [0.05, 0.1) is 6.26 Å². The topological polar surface area (TPSA) is 59.7 Å². The first-order valence-corrected chi connectivity index (χ1v) is 17.3. The Balaban J connectivity index is 0.976. The predicted molar refractivity (Wildman–Crippen MR) is 171 cm³/mol. The van der Waals surface area contributed by atoms with E-state index in [9.17, 15) is 9.90 Å². The van der Waals surface area contributed by atoms with E-state index in [4.69, 9.17) is 9.15 Å². The first-order valence-electron chi connectivity index (χ1n) is 17.3. The van der Waals surface area contributed by atoms with Gasteiger partial charge in [-0.2, -0.15) is 0 Å². The Morgan fingerprint density at radius 2 is 1.79 bits per heavy atom. The lowest BCUT2D eigenvalue weighted by Gasteiger charge is -2.58. The van der Waals surface area contributed by atoms with Crippen molar-refractivity contribution in [3.63, 3.8) is 0 Å². The van der Waals surface area contributed by atoms with Crippen molar-refractivity contribution in [2.75, 3.05) is 6.61 Å². The fourth-order valence-corrected chi connectivity index (χ4v) is 9.40. The number of hydrogen-bond donors (Lipinski definition) is 1. The molecule has 1 aromatic rings. The molecule has 1 aromatic heterocycles. The van der Waals surface area contributed by atoms with Gasteiger partial charge in [0.25, 0.3) is 0 Å². The molecule has 4 nitrogen and oxygen atoms in total. The van der Waals surface area contributed by atoms with Gasteiger partial charge in [0.2, 0.25) is 0 Å². The Kier molecular flexibility index (Phi) is 10.6. The number of hydrogen-bond acceptors (Lipinski definition) is 4. The van der Waals surface area contributed by atoms with Crippen LogP contribution in [0.5, 0.6) is 0 Å².